The molecular weight excluding hydrogens is 316 g/mol. The summed E-state index contributed by atoms with van der Waals surface area (Å²) in [6.07, 6.45) is 7.91. The molecule has 1 aromatic carbocycles. The maximum atomic E-state index is 12.3. The Kier molecular flexibility index (Phi) is 4.97. The highest BCUT2D eigenvalue weighted by molar-refractivity contribution is 5.92. The zero-order valence-corrected chi connectivity index (χ0v) is 14.4. The van der Waals surface area contributed by atoms with E-state index in [1.54, 1.807) is 17.0 Å². The van der Waals surface area contributed by atoms with Crippen molar-refractivity contribution in [2.75, 3.05) is 0 Å². The van der Waals surface area contributed by atoms with Crippen molar-refractivity contribution in [3.05, 3.63) is 59.4 Å². The van der Waals surface area contributed by atoms with E-state index in [1.165, 1.54) is 11.6 Å². The molecule has 0 saturated carbocycles. The number of amides is 2. The first-order valence-electron chi connectivity index (χ1n) is 8.34. The van der Waals surface area contributed by atoms with Gasteiger partial charge in [-0.2, -0.15) is 5.10 Å². The van der Waals surface area contributed by atoms with Gasteiger partial charge in [-0.1, -0.05) is 29.8 Å². The van der Waals surface area contributed by atoms with Crippen LogP contribution in [-0.2, 0) is 16.6 Å². The minimum absolute atomic E-state index is 0.00505. The number of hydrogen-bond acceptors (Lipinski definition) is 3. The highest BCUT2D eigenvalue weighted by Crippen LogP contribution is 2.23. The standard InChI is InChI=1S/C19H22N4O2/c1-13-3-5-14(6-4-13)7-9-17(24)21-16-8-10-18(25)22-19(16)15-11-20-23(2)12-15/h3-7,9,11-12,16,19H,8,10H2,1-2H3,(H,21,24)(H,22,25)/b9-7+/t16-,19+/m0/s1. The van der Waals surface area contributed by atoms with Gasteiger partial charge < -0.3 is 10.6 Å². The number of rotatable bonds is 4. The average Bonchev–Trinajstić information content (AvgIpc) is 3.02. The summed E-state index contributed by atoms with van der Waals surface area (Å²) in [7, 11) is 1.83. The van der Waals surface area contributed by atoms with Crippen molar-refractivity contribution in [3.8, 4) is 0 Å². The SMILES string of the molecule is Cc1ccc(/C=C/C(=O)N[C@H]2CCC(=O)N[C@@H]2c2cnn(C)c2)cc1. The molecule has 2 heterocycles. The lowest BCUT2D eigenvalue weighted by Gasteiger charge is -2.32. The van der Waals surface area contributed by atoms with Crippen LogP contribution >= 0.6 is 0 Å². The number of nitrogens with one attached hydrogen (secondary N) is 2. The first-order chi connectivity index (χ1) is 12.0. The lowest BCUT2D eigenvalue weighted by molar-refractivity contribution is -0.125. The van der Waals surface area contributed by atoms with Crippen LogP contribution in [0.4, 0.5) is 0 Å². The van der Waals surface area contributed by atoms with E-state index < -0.39 is 0 Å². The maximum Gasteiger partial charge on any atom is 0.244 e. The predicted octanol–water partition coefficient (Wildman–Crippen LogP) is 1.88. The van der Waals surface area contributed by atoms with E-state index in [2.05, 4.69) is 15.7 Å². The van der Waals surface area contributed by atoms with Gasteiger partial charge in [0, 0.05) is 31.3 Å². The third-order valence-corrected chi connectivity index (χ3v) is 4.32. The Morgan fingerprint density at radius 3 is 2.80 bits per heavy atom. The van der Waals surface area contributed by atoms with Crippen molar-refractivity contribution in [1.29, 1.82) is 0 Å². The molecule has 2 aromatic rings. The molecule has 6 heteroatoms. The smallest absolute Gasteiger partial charge is 0.244 e. The van der Waals surface area contributed by atoms with E-state index in [9.17, 15) is 9.59 Å². The van der Waals surface area contributed by atoms with Crippen molar-refractivity contribution < 1.29 is 9.59 Å². The number of hydrogen-bond donors (Lipinski definition) is 2. The number of aryl methyl sites for hydroxylation is 2. The van der Waals surface area contributed by atoms with E-state index in [4.69, 9.17) is 0 Å². The zero-order chi connectivity index (χ0) is 17.8. The van der Waals surface area contributed by atoms with Gasteiger partial charge in [0.15, 0.2) is 0 Å². The number of carbonyl (C=O) groups excluding carboxylic acids is 2. The van der Waals surface area contributed by atoms with Crippen LogP contribution in [0.15, 0.2) is 42.7 Å². The second-order valence-corrected chi connectivity index (χ2v) is 6.39. The van der Waals surface area contributed by atoms with Gasteiger partial charge in [0.2, 0.25) is 11.8 Å². The van der Waals surface area contributed by atoms with E-state index >= 15 is 0 Å². The van der Waals surface area contributed by atoms with Gasteiger partial charge in [0.25, 0.3) is 0 Å². The number of aromatic nitrogens is 2. The Morgan fingerprint density at radius 2 is 2.12 bits per heavy atom. The van der Waals surface area contributed by atoms with Crippen LogP contribution in [0, 0.1) is 6.92 Å². The van der Waals surface area contributed by atoms with Gasteiger partial charge in [-0.05, 0) is 25.0 Å². The van der Waals surface area contributed by atoms with Crippen molar-refractivity contribution in [2.24, 2.45) is 7.05 Å². The molecule has 0 spiro atoms. The molecule has 0 unspecified atom stereocenters. The molecule has 2 atom stereocenters. The minimum atomic E-state index is -0.258. The second kappa shape index (κ2) is 7.34. The highest BCUT2D eigenvalue weighted by atomic mass is 16.2. The van der Waals surface area contributed by atoms with Crippen LogP contribution < -0.4 is 10.6 Å². The second-order valence-electron chi connectivity index (χ2n) is 6.39. The Labute approximate surface area is 146 Å². The first kappa shape index (κ1) is 17.0. The van der Waals surface area contributed by atoms with Gasteiger partial charge in [0.1, 0.15) is 0 Å². The van der Waals surface area contributed by atoms with Crippen LogP contribution in [0.1, 0.15) is 35.6 Å². The van der Waals surface area contributed by atoms with Gasteiger partial charge in [-0.25, -0.2) is 0 Å². The minimum Gasteiger partial charge on any atom is -0.347 e. The molecule has 0 aliphatic carbocycles. The molecule has 3 rings (SSSR count). The van der Waals surface area contributed by atoms with Crippen LogP contribution in [0.2, 0.25) is 0 Å². The summed E-state index contributed by atoms with van der Waals surface area (Å²) in [5, 5.41) is 10.1. The Morgan fingerprint density at radius 1 is 1.36 bits per heavy atom. The zero-order valence-electron chi connectivity index (χ0n) is 14.4. The molecule has 1 fully saturated rings. The molecule has 1 saturated heterocycles. The summed E-state index contributed by atoms with van der Waals surface area (Å²) in [6.45, 7) is 2.02. The summed E-state index contributed by atoms with van der Waals surface area (Å²) in [5.41, 5.74) is 3.05. The summed E-state index contributed by atoms with van der Waals surface area (Å²) in [5.74, 6) is -0.176. The lowest BCUT2D eigenvalue weighted by atomic mass is 9.93. The number of benzene rings is 1. The molecule has 0 radical (unpaired) electrons. The van der Waals surface area contributed by atoms with Crippen LogP contribution in [0.5, 0.6) is 0 Å². The number of piperidine rings is 1. The number of carbonyl (C=O) groups is 2. The van der Waals surface area contributed by atoms with E-state index in [1.807, 2.05) is 44.4 Å². The predicted molar refractivity (Wildman–Crippen MR) is 95.5 cm³/mol. The maximum absolute atomic E-state index is 12.3. The highest BCUT2D eigenvalue weighted by Gasteiger charge is 2.31. The molecule has 2 N–H and O–H groups in total. The van der Waals surface area contributed by atoms with Crippen LogP contribution in [-0.4, -0.2) is 27.6 Å². The van der Waals surface area contributed by atoms with Crippen molar-refractivity contribution in [3.63, 3.8) is 0 Å². The molecule has 2 amide bonds. The largest absolute Gasteiger partial charge is 0.347 e. The van der Waals surface area contributed by atoms with Crippen molar-refractivity contribution >= 4 is 17.9 Å². The normalized spacial score (nSPS) is 20.5. The fraction of sp³-hybridized carbons (Fsp3) is 0.316. The van der Waals surface area contributed by atoms with E-state index in [0.29, 0.717) is 12.8 Å². The fourth-order valence-electron chi connectivity index (χ4n) is 2.95. The molecule has 0 bridgehead atoms. The van der Waals surface area contributed by atoms with E-state index in [-0.39, 0.29) is 23.9 Å². The monoisotopic (exact) mass is 338 g/mol. The topological polar surface area (TPSA) is 76.0 Å². The van der Waals surface area contributed by atoms with Gasteiger partial charge in [0.05, 0.1) is 18.3 Å². The Bertz CT molecular complexity index is 792. The molecule has 1 aromatic heterocycles. The first-order valence-corrected chi connectivity index (χ1v) is 8.34. The summed E-state index contributed by atoms with van der Waals surface area (Å²) < 4.78 is 1.69. The Balaban J connectivity index is 1.67. The Hall–Kier alpha value is -2.89. The molecule has 130 valence electrons. The van der Waals surface area contributed by atoms with Gasteiger partial charge in [-0.3, -0.25) is 14.3 Å². The molecule has 1 aliphatic rings. The molecule has 1 aliphatic heterocycles. The van der Waals surface area contributed by atoms with Crippen molar-refractivity contribution in [1.82, 2.24) is 20.4 Å². The van der Waals surface area contributed by atoms with E-state index in [0.717, 1.165) is 11.1 Å². The third kappa shape index (κ3) is 4.35. The molecular formula is C19H22N4O2. The van der Waals surface area contributed by atoms with Crippen LogP contribution in [0.25, 0.3) is 6.08 Å². The van der Waals surface area contributed by atoms with Crippen molar-refractivity contribution in [2.45, 2.75) is 31.8 Å². The lowest BCUT2D eigenvalue weighted by Crippen LogP contribution is -2.49. The van der Waals surface area contributed by atoms with Gasteiger partial charge >= 0.3 is 0 Å². The average molecular weight is 338 g/mol. The summed E-state index contributed by atoms with van der Waals surface area (Å²) >= 11 is 0. The molecule has 25 heavy (non-hydrogen) atoms. The third-order valence-electron chi connectivity index (χ3n) is 4.32. The fourth-order valence-corrected chi connectivity index (χ4v) is 2.95. The number of nitrogens with zero attached hydrogens (tertiary/aromatic N) is 2. The van der Waals surface area contributed by atoms with Gasteiger partial charge in [-0.15, -0.1) is 0 Å². The van der Waals surface area contributed by atoms with Crippen LogP contribution in [0.3, 0.4) is 0 Å². The summed E-state index contributed by atoms with van der Waals surface area (Å²) in [6, 6.07) is 7.54. The summed E-state index contributed by atoms with van der Waals surface area (Å²) in [4.78, 5) is 24.0. The molecule has 6 nitrogen and oxygen atoms in total. The quantitative estimate of drug-likeness (QED) is 0.836.